The summed E-state index contributed by atoms with van der Waals surface area (Å²) in [5.41, 5.74) is 6.40. The highest BCUT2D eigenvalue weighted by Gasteiger charge is 2.22. The normalized spacial score (nSPS) is 11.8. The van der Waals surface area contributed by atoms with Gasteiger partial charge in [0.25, 0.3) is 0 Å². The van der Waals surface area contributed by atoms with Gasteiger partial charge in [-0.15, -0.1) is 0 Å². The van der Waals surface area contributed by atoms with E-state index in [4.69, 9.17) is 10.5 Å². The average molecular weight is 265 g/mol. The lowest BCUT2D eigenvalue weighted by atomic mass is 10.1. The van der Waals surface area contributed by atoms with Crippen LogP contribution in [0.4, 0.5) is 14.9 Å². The van der Waals surface area contributed by atoms with Crippen LogP contribution in [-0.4, -0.2) is 21.2 Å². The first-order chi connectivity index (χ1) is 8.70. The van der Waals surface area contributed by atoms with Crippen LogP contribution in [-0.2, 0) is 4.74 Å². The zero-order valence-corrected chi connectivity index (χ0v) is 11.3. The van der Waals surface area contributed by atoms with E-state index in [1.165, 1.54) is 12.4 Å². The minimum absolute atomic E-state index is 0.0842. The molecule has 0 saturated heterocycles. The van der Waals surface area contributed by atoms with Gasteiger partial charge in [-0.05, 0) is 33.8 Å². The van der Waals surface area contributed by atoms with Crippen molar-refractivity contribution in [2.24, 2.45) is 0 Å². The summed E-state index contributed by atoms with van der Waals surface area (Å²) in [7, 11) is 0. The third kappa shape index (κ3) is 2.38. The van der Waals surface area contributed by atoms with Crippen LogP contribution in [0.25, 0.3) is 11.0 Å². The molecule has 0 fully saturated rings. The van der Waals surface area contributed by atoms with Gasteiger partial charge >= 0.3 is 6.09 Å². The Kier molecular flexibility index (Phi) is 2.96. The Bertz CT molecular complexity index is 656. The van der Waals surface area contributed by atoms with Gasteiger partial charge in [0.05, 0.1) is 5.52 Å². The van der Waals surface area contributed by atoms with Crippen LogP contribution in [0.2, 0.25) is 0 Å². The van der Waals surface area contributed by atoms with Crippen molar-refractivity contribution in [2.45, 2.75) is 33.3 Å². The highest BCUT2D eigenvalue weighted by molar-refractivity contribution is 5.91. The fraction of sp³-hybridized carbons (Fsp3) is 0.385. The van der Waals surface area contributed by atoms with Crippen molar-refractivity contribution in [1.29, 1.82) is 0 Å². The van der Waals surface area contributed by atoms with Gasteiger partial charge in [-0.1, -0.05) is 0 Å². The van der Waals surface area contributed by atoms with Crippen molar-refractivity contribution < 1.29 is 13.9 Å². The number of nitrogens with two attached hydrogens (primary N) is 1. The largest absolute Gasteiger partial charge is 0.443 e. The van der Waals surface area contributed by atoms with E-state index in [1.54, 1.807) is 27.7 Å². The minimum atomic E-state index is -0.668. The molecular formula is C13H16FN3O2. The van der Waals surface area contributed by atoms with E-state index in [-0.39, 0.29) is 5.52 Å². The van der Waals surface area contributed by atoms with E-state index in [0.29, 0.717) is 16.8 Å². The maximum absolute atomic E-state index is 14.0. The topological polar surface area (TPSA) is 70.1 Å². The monoisotopic (exact) mass is 265 g/mol. The number of carbonyl (C=O) groups is 1. The minimum Gasteiger partial charge on any atom is -0.443 e. The molecule has 1 heterocycles. The van der Waals surface area contributed by atoms with Crippen LogP contribution >= 0.6 is 0 Å². The Morgan fingerprint density at radius 1 is 1.47 bits per heavy atom. The summed E-state index contributed by atoms with van der Waals surface area (Å²) in [6.07, 6.45) is 0.576. The number of rotatable bonds is 0. The van der Waals surface area contributed by atoms with Gasteiger partial charge in [-0.3, -0.25) is 0 Å². The third-order valence-electron chi connectivity index (χ3n) is 2.65. The molecule has 1 aromatic carbocycles. The van der Waals surface area contributed by atoms with Gasteiger partial charge in [0, 0.05) is 11.3 Å². The van der Waals surface area contributed by atoms with Crippen molar-refractivity contribution in [1.82, 2.24) is 9.55 Å². The summed E-state index contributed by atoms with van der Waals surface area (Å²) in [6, 6.07) is 1.18. The summed E-state index contributed by atoms with van der Waals surface area (Å²) >= 11 is 0. The lowest BCUT2D eigenvalue weighted by Gasteiger charge is -2.19. The number of benzene rings is 1. The number of ether oxygens (including phenoxy) is 1. The van der Waals surface area contributed by atoms with E-state index in [2.05, 4.69) is 4.98 Å². The van der Waals surface area contributed by atoms with Gasteiger partial charge in [0.15, 0.2) is 5.82 Å². The van der Waals surface area contributed by atoms with Crippen LogP contribution in [0.15, 0.2) is 12.4 Å². The summed E-state index contributed by atoms with van der Waals surface area (Å²) in [5, 5.41) is 0. The second-order valence-corrected chi connectivity index (χ2v) is 5.36. The van der Waals surface area contributed by atoms with Crippen LogP contribution in [0.3, 0.4) is 0 Å². The first-order valence-corrected chi connectivity index (χ1v) is 5.85. The molecule has 0 unspecified atom stereocenters. The Labute approximate surface area is 110 Å². The molecule has 0 bridgehead atoms. The Morgan fingerprint density at radius 2 is 2.11 bits per heavy atom. The fourth-order valence-electron chi connectivity index (χ4n) is 1.75. The molecule has 0 aliphatic carbocycles. The smallest absolute Gasteiger partial charge is 0.420 e. The number of aryl methyl sites for hydroxylation is 1. The van der Waals surface area contributed by atoms with Gasteiger partial charge in [0.2, 0.25) is 0 Å². The van der Waals surface area contributed by atoms with Crippen LogP contribution in [0.5, 0.6) is 0 Å². The molecule has 0 radical (unpaired) electrons. The second-order valence-electron chi connectivity index (χ2n) is 5.36. The maximum atomic E-state index is 14.0. The molecule has 1 aromatic heterocycles. The molecule has 19 heavy (non-hydrogen) atoms. The van der Waals surface area contributed by atoms with E-state index in [0.717, 1.165) is 4.57 Å². The molecule has 0 saturated carbocycles. The summed E-state index contributed by atoms with van der Waals surface area (Å²) in [6.45, 7) is 6.94. The Morgan fingerprint density at radius 3 is 2.68 bits per heavy atom. The van der Waals surface area contributed by atoms with Crippen molar-refractivity contribution in [2.75, 3.05) is 5.73 Å². The molecule has 2 N–H and O–H groups in total. The van der Waals surface area contributed by atoms with Crippen molar-refractivity contribution in [3.8, 4) is 0 Å². The Balaban J connectivity index is 2.58. The van der Waals surface area contributed by atoms with E-state index in [1.807, 2.05) is 0 Å². The summed E-state index contributed by atoms with van der Waals surface area (Å²) < 4.78 is 20.2. The lowest BCUT2D eigenvalue weighted by Crippen LogP contribution is -2.27. The molecule has 2 rings (SSSR count). The number of halogens is 1. The molecule has 0 aliphatic heterocycles. The number of anilines is 1. The van der Waals surface area contributed by atoms with Crippen molar-refractivity contribution in [3.05, 3.63) is 23.8 Å². The summed E-state index contributed by atoms with van der Waals surface area (Å²) in [4.78, 5) is 16.0. The summed E-state index contributed by atoms with van der Waals surface area (Å²) in [5.74, 6) is -0.596. The quantitative estimate of drug-likeness (QED) is 0.743. The number of fused-ring (bicyclic) bond motifs is 1. The van der Waals surface area contributed by atoms with Gasteiger partial charge in [0.1, 0.15) is 17.4 Å². The number of aromatic nitrogens is 2. The van der Waals surface area contributed by atoms with Gasteiger partial charge in [-0.2, -0.15) is 0 Å². The molecule has 0 spiro atoms. The van der Waals surface area contributed by atoms with Crippen molar-refractivity contribution >= 4 is 22.8 Å². The van der Waals surface area contributed by atoms with E-state index >= 15 is 0 Å². The maximum Gasteiger partial charge on any atom is 0.420 e. The van der Waals surface area contributed by atoms with Gasteiger partial charge in [-0.25, -0.2) is 18.7 Å². The average Bonchev–Trinajstić information content (AvgIpc) is 2.68. The van der Waals surface area contributed by atoms with Crippen LogP contribution in [0, 0.1) is 12.7 Å². The van der Waals surface area contributed by atoms with Crippen LogP contribution < -0.4 is 5.73 Å². The number of nitrogen functional groups attached to an aromatic ring is 1. The fourth-order valence-corrected chi connectivity index (χ4v) is 1.75. The molecule has 0 aliphatic rings. The zero-order valence-electron chi connectivity index (χ0n) is 11.3. The molecular weight excluding hydrogens is 249 g/mol. The Hall–Kier alpha value is -2.11. The SMILES string of the molecule is Cc1c(N)cc(F)c2c1ncn2C(=O)OC(C)(C)C. The highest BCUT2D eigenvalue weighted by Crippen LogP contribution is 2.26. The molecule has 2 aromatic rings. The molecule has 0 amide bonds. The predicted octanol–water partition coefficient (Wildman–Crippen LogP) is 2.85. The first kappa shape index (κ1) is 13.3. The molecule has 6 heteroatoms. The number of hydrogen-bond donors (Lipinski definition) is 1. The lowest BCUT2D eigenvalue weighted by molar-refractivity contribution is 0.0542. The van der Waals surface area contributed by atoms with Crippen LogP contribution in [0.1, 0.15) is 26.3 Å². The van der Waals surface area contributed by atoms with E-state index in [9.17, 15) is 9.18 Å². The number of carbonyl (C=O) groups excluding carboxylic acids is 1. The predicted molar refractivity (Wildman–Crippen MR) is 70.5 cm³/mol. The molecule has 102 valence electrons. The number of hydrogen-bond acceptors (Lipinski definition) is 4. The molecule has 5 nitrogen and oxygen atoms in total. The third-order valence-corrected chi connectivity index (χ3v) is 2.65. The number of imidazole rings is 1. The first-order valence-electron chi connectivity index (χ1n) is 5.85. The zero-order chi connectivity index (χ0) is 14.4. The van der Waals surface area contributed by atoms with Gasteiger partial charge < -0.3 is 10.5 Å². The number of nitrogens with zero attached hydrogens (tertiary/aromatic N) is 2. The highest BCUT2D eigenvalue weighted by atomic mass is 19.1. The van der Waals surface area contributed by atoms with Crippen molar-refractivity contribution in [3.63, 3.8) is 0 Å². The van der Waals surface area contributed by atoms with E-state index < -0.39 is 17.5 Å². The standard InChI is InChI=1S/C13H16FN3O2/c1-7-9(15)5-8(14)11-10(7)16-6-17(11)12(18)19-13(2,3)4/h5-6H,15H2,1-4H3. The molecule has 0 atom stereocenters. The second kappa shape index (κ2) is 4.22.